The number of hydrazone groups is 1. The number of hydrogen-bond acceptors (Lipinski definition) is 7. The third-order valence-electron chi connectivity index (χ3n) is 6.34. The van der Waals surface area contributed by atoms with E-state index in [-0.39, 0.29) is 12.1 Å². The molecule has 0 fully saturated rings. The van der Waals surface area contributed by atoms with Crippen molar-refractivity contribution >= 4 is 33.7 Å². The maximum atomic E-state index is 13.3. The Balaban J connectivity index is 1.25. The van der Waals surface area contributed by atoms with Crippen molar-refractivity contribution in [2.75, 3.05) is 7.11 Å². The Bertz CT molecular complexity index is 1740. The summed E-state index contributed by atoms with van der Waals surface area (Å²) in [5, 5.41) is 4.57. The number of aromatic nitrogens is 2. The van der Waals surface area contributed by atoms with Gasteiger partial charge in [-0.1, -0.05) is 60.2 Å². The summed E-state index contributed by atoms with van der Waals surface area (Å²) in [5.74, 6) is 0.705. The zero-order valence-corrected chi connectivity index (χ0v) is 23.2. The summed E-state index contributed by atoms with van der Waals surface area (Å²) in [6, 6.07) is 23.2. The smallest absolute Gasteiger partial charge is 0.263 e. The van der Waals surface area contributed by atoms with Crippen LogP contribution in [0.25, 0.3) is 21.3 Å². The average Bonchev–Trinajstić information content (AvgIpc) is 3.31. The van der Waals surface area contributed by atoms with Crippen molar-refractivity contribution in [1.82, 2.24) is 15.0 Å². The molecule has 9 heteroatoms. The van der Waals surface area contributed by atoms with E-state index in [2.05, 4.69) is 15.5 Å². The van der Waals surface area contributed by atoms with Crippen LogP contribution in [0.3, 0.4) is 0 Å². The molecule has 5 rings (SSSR count). The van der Waals surface area contributed by atoms with Crippen LogP contribution in [0.15, 0.2) is 89.0 Å². The first-order valence-electron chi connectivity index (χ1n) is 12.6. The lowest BCUT2D eigenvalue weighted by Crippen LogP contribution is -2.30. The first-order chi connectivity index (χ1) is 19.4. The molecule has 0 atom stereocenters. The maximum absolute atomic E-state index is 13.3. The molecule has 202 valence electrons. The molecule has 1 N–H and O–H groups in total. The lowest BCUT2D eigenvalue weighted by atomic mass is 10.0. The highest BCUT2D eigenvalue weighted by atomic mass is 32.1. The minimum atomic E-state index is -0.447. The normalized spacial score (nSPS) is 11.2. The van der Waals surface area contributed by atoms with Gasteiger partial charge in [-0.2, -0.15) is 5.10 Å². The van der Waals surface area contributed by atoms with Crippen LogP contribution in [0, 0.1) is 13.8 Å². The number of hydrogen-bond donors (Lipinski definition) is 1. The van der Waals surface area contributed by atoms with Gasteiger partial charge in [0.15, 0.2) is 11.5 Å². The number of fused-ring (bicyclic) bond motifs is 1. The van der Waals surface area contributed by atoms with Crippen LogP contribution < -0.4 is 20.5 Å². The van der Waals surface area contributed by atoms with Gasteiger partial charge < -0.3 is 9.47 Å². The van der Waals surface area contributed by atoms with Gasteiger partial charge in [-0.3, -0.25) is 14.2 Å². The number of amides is 1. The van der Waals surface area contributed by atoms with Crippen LogP contribution in [-0.2, 0) is 17.9 Å². The van der Waals surface area contributed by atoms with Crippen LogP contribution >= 0.6 is 11.3 Å². The van der Waals surface area contributed by atoms with Crippen LogP contribution in [0.5, 0.6) is 11.5 Å². The summed E-state index contributed by atoms with van der Waals surface area (Å²) in [4.78, 5) is 32.0. The number of ether oxygens (including phenoxy) is 2. The van der Waals surface area contributed by atoms with E-state index < -0.39 is 5.91 Å². The zero-order valence-electron chi connectivity index (χ0n) is 22.4. The monoisotopic (exact) mass is 552 g/mol. The van der Waals surface area contributed by atoms with Crippen molar-refractivity contribution < 1.29 is 14.3 Å². The number of carbonyl (C=O) groups excluding carboxylic acids is 1. The van der Waals surface area contributed by atoms with Crippen molar-refractivity contribution in [2.24, 2.45) is 5.10 Å². The summed E-state index contributed by atoms with van der Waals surface area (Å²) in [7, 11) is 1.57. The van der Waals surface area contributed by atoms with E-state index in [9.17, 15) is 9.59 Å². The zero-order chi connectivity index (χ0) is 28.1. The quantitative estimate of drug-likeness (QED) is 0.193. The lowest BCUT2D eigenvalue weighted by molar-refractivity contribution is -0.121. The van der Waals surface area contributed by atoms with E-state index in [1.807, 2.05) is 74.5 Å². The molecule has 0 aliphatic heterocycles. The van der Waals surface area contributed by atoms with Gasteiger partial charge in [0.2, 0.25) is 0 Å². The standard InChI is InChI=1S/C31H28N4O4S/c1-20-9-11-22(12-10-20)18-39-25-14-13-23(15-26(25)38-3)16-33-34-27(36)17-35-19-32-30-29(31(35)37)28(21(2)40-30)24-7-5-4-6-8-24/h4-16,19H,17-18H2,1-3H3,(H,34,36). The van der Waals surface area contributed by atoms with E-state index in [1.165, 1.54) is 34.0 Å². The molecule has 0 bridgehead atoms. The third-order valence-corrected chi connectivity index (χ3v) is 7.35. The Kier molecular flexibility index (Phi) is 8.02. The summed E-state index contributed by atoms with van der Waals surface area (Å²) in [6.45, 7) is 4.21. The second-order valence-electron chi connectivity index (χ2n) is 9.23. The fourth-order valence-electron chi connectivity index (χ4n) is 4.30. The molecule has 0 spiro atoms. The molecule has 5 aromatic rings. The van der Waals surface area contributed by atoms with Gasteiger partial charge in [0.25, 0.3) is 11.5 Å². The fourth-order valence-corrected chi connectivity index (χ4v) is 5.30. The number of carbonyl (C=O) groups is 1. The number of rotatable bonds is 9. The van der Waals surface area contributed by atoms with Crippen molar-refractivity contribution in [2.45, 2.75) is 27.0 Å². The molecular formula is C31H28N4O4S. The van der Waals surface area contributed by atoms with Gasteiger partial charge in [0, 0.05) is 10.4 Å². The van der Waals surface area contributed by atoms with Crippen molar-refractivity contribution in [3.8, 4) is 22.6 Å². The highest BCUT2D eigenvalue weighted by Gasteiger charge is 2.17. The predicted octanol–water partition coefficient (Wildman–Crippen LogP) is 5.48. The number of nitrogens with one attached hydrogen (secondary N) is 1. The second-order valence-corrected chi connectivity index (χ2v) is 10.4. The van der Waals surface area contributed by atoms with E-state index >= 15 is 0 Å². The van der Waals surface area contributed by atoms with Gasteiger partial charge in [0.1, 0.15) is 18.0 Å². The average molecular weight is 553 g/mol. The second kappa shape index (κ2) is 12.0. The highest BCUT2D eigenvalue weighted by molar-refractivity contribution is 7.19. The van der Waals surface area contributed by atoms with Gasteiger partial charge in [-0.15, -0.1) is 11.3 Å². The molecule has 0 saturated carbocycles. The Morgan fingerprint density at radius 1 is 1.05 bits per heavy atom. The molecular weight excluding hydrogens is 524 g/mol. The van der Waals surface area contributed by atoms with E-state index in [4.69, 9.17) is 9.47 Å². The Labute approximate surface area is 235 Å². The molecule has 0 aliphatic rings. The lowest BCUT2D eigenvalue weighted by Gasteiger charge is -2.11. The topological polar surface area (TPSA) is 94.8 Å². The van der Waals surface area contributed by atoms with Crippen LogP contribution in [0.1, 0.15) is 21.6 Å². The molecule has 0 unspecified atom stereocenters. The largest absolute Gasteiger partial charge is 0.493 e. The first kappa shape index (κ1) is 26.8. The number of nitrogens with zero attached hydrogens (tertiary/aromatic N) is 3. The summed E-state index contributed by atoms with van der Waals surface area (Å²) in [5.41, 5.74) is 6.97. The maximum Gasteiger partial charge on any atom is 0.263 e. The number of benzene rings is 3. The van der Waals surface area contributed by atoms with Crippen LogP contribution in [-0.4, -0.2) is 28.8 Å². The van der Waals surface area contributed by atoms with Crippen molar-refractivity contribution in [3.63, 3.8) is 0 Å². The molecule has 8 nitrogen and oxygen atoms in total. The molecule has 2 heterocycles. The third kappa shape index (κ3) is 5.94. The Hall–Kier alpha value is -4.76. The van der Waals surface area contributed by atoms with Gasteiger partial charge in [-0.05, 0) is 48.7 Å². The fraction of sp³-hybridized carbons (Fsp3) is 0.161. The molecule has 0 aliphatic carbocycles. The molecule has 3 aromatic carbocycles. The SMILES string of the molecule is COc1cc(C=NNC(=O)Cn2cnc3sc(C)c(-c4ccccc4)c3c2=O)ccc1OCc1ccc(C)cc1. The predicted molar refractivity (Wildman–Crippen MR) is 158 cm³/mol. The van der Waals surface area contributed by atoms with E-state index in [0.29, 0.717) is 33.9 Å². The first-order valence-corrected chi connectivity index (χ1v) is 13.5. The molecule has 2 aromatic heterocycles. The Morgan fingerprint density at radius 2 is 1.82 bits per heavy atom. The number of methoxy groups -OCH3 is 1. The van der Waals surface area contributed by atoms with Crippen molar-refractivity contribution in [1.29, 1.82) is 0 Å². The van der Waals surface area contributed by atoms with Crippen LogP contribution in [0.4, 0.5) is 0 Å². The van der Waals surface area contributed by atoms with Gasteiger partial charge in [-0.25, -0.2) is 10.4 Å². The minimum Gasteiger partial charge on any atom is -0.493 e. The van der Waals surface area contributed by atoms with Gasteiger partial charge in [0.05, 0.1) is 25.0 Å². The van der Waals surface area contributed by atoms with Crippen LogP contribution in [0.2, 0.25) is 0 Å². The number of thiophene rings is 1. The molecule has 40 heavy (non-hydrogen) atoms. The molecule has 0 radical (unpaired) electrons. The van der Waals surface area contributed by atoms with Crippen molar-refractivity contribution in [3.05, 3.63) is 111 Å². The van der Waals surface area contributed by atoms with Gasteiger partial charge >= 0.3 is 0 Å². The Morgan fingerprint density at radius 3 is 2.58 bits per heavy atom. The minimum absolute atomic E-state index is 0.211. The van der Waals surface area contributed by atoms with E-state index in [1.54, 1.807) is 19.2 Å². The number of aryl methyl sites for hydroxylation is 2. The summed E-state index contributed by atoms with van der Waals surface area (Å²) >= 11 is 1.47. The molecule has 1 amide bonds. The summed E-state index contributed by atoms with van der Waals surface area (Å²) < 4.78 is 12.7. The van der Waals surface area contributed by atoms with E-state index in [0.717, 1.165) is 21.6 Å². The summed E-state index contributed by atoms with van der Waals surface area (Å²) in [6.07, 6.45) is 2.91. The highest BCUT2D eigenvalue weighted by Crippen LogP contribution is 2.35. The molecule has 0 saturated heterocycles.